The summed E-state index contributed by atoms with van der Waals surface area (Å²) in [5.41, 5.74) is 0.904. The number of hydrogen-bond donors (Lipinski definition) is 1. The van der Waals surface area contributed by atoms with E-state index in [1.165, 1.54) is 31.2 Å². The minimum Gasteiger partial charge on any atom is -0.489 e. The van der Waals surface area contributed by atoms with E-state index in [2.05, 4.69) is 0 Å². The Morgan fingerprint density at radius 1 is 1.56 bits per heavy atom. The first-order chi connectivity index (χ1) is 7.50. The monoisotopic (exact) mass is 224 g/mol. The Morgan fingerprint density at radius 3 is 2.81 bits per heavy atom. The molecule has 16 heavy (non-hydrogen) atoms. The Kier molecular flexibility index (Phi) is 4.05. The van der Waals surface area contributed by atoms with Crippen LogP contribution in [0.1, 0.15) is 12.5 Å². The van der Waals surface area contributed by atoms with Gasteiger partial charge in [-0.2, -0.15) is 0 Å². The fourth-order valence-electron chi connectivity index (χ4n) is 1.12. The Hall–Kier alpha value is -1.84. The lowest BCUT2D eigenvalue weighted by Gasteiger charge is -2.06. The Labute approximate surface area is 93.2 Å². The van der Waals surface area contributed by atoms with Crippen molar-refractivity contribution in [3.8, 4) is 5.75 Å². The molecule has 0 aliphatic rings. The maximum absolute atomic E-state index is 12.8. The topological polar surface area (TPSA) is 46.5 Å². The smallest absolute Gasteiger partial charge is 0.331 e. The molecule has 0 bridgehead atoms. The summed E-state index contributed by atoms with van der Waals surface area (Å²) in [5.74, 6) is -0.739. The molecule has 1 aromatic rings. The summed E-state index contributed by atoms with van der Waals surface area (Å²) >= 11 is 0. The van der Waals surface area contributed by atoms with E-state index in [-0.39, 0.29) is 18.0 Å². The van der Waals surface area contributed by atoms with Gasteiger partial charge in [-0.3, -0.25) is 0 Å². The van der Waals surface area contributed by atoms with Gasteiger partial charge in [0.25, 0.3) is 0 Å². The van der Waals surface area contributed by atoms with Gasteiger partial charge in [-0.1, -0.05) is 0 Å². The molecular weight excluding hydrogens is 211 g/mol. The van der Waals surface area contributed by atoms with Crippen molar-refractivity contribution >= 4 is 5.97 Å². The number of carboxylic acids is 1. The fourth-order valence-corrected chi connectivity index (χ4v) is 1.12. The largest absolute Gasteiger partial charge is 0.489 e. The van der Waals surface area contributed by atoms with Crippen LogP contribution >= 0.6 is 0 Å². The van der Waals surface area contributed by atoms with E-state index in [0.717, 1.165) is 0 Å². The lowest BCUT2D eigenvalue weighted by molar-refractivity contribution is -0.132. The van der Waals surface area contributed by atoms with Crippen LogP contribution in [0.5, 0.6) is 5.75 Å². The Balaban J connectivity index is 2.62. The molecule has 3 nitrogen and oxygen atoms in total. The minimum atomic E-state index is -0.973. The van der Waals surface area contributed by atoms with Gasteiger partial charge in [0.05, 0.1) is 0 Å². The van der Waals surface area contributed by atoms with Gasteiger partial charge in [0, 0.05) is 5.57 Å². The highest BCUT2D eigenvalue weighted by Gasteiger charge is 2.01. The quantitative estimate of drug-likeness (QED) is 0.799. The van der Waals surface area contributed by atoms with Gasteiger partial charge in [-0.25, -0.2) is 9.18 Å². The molecule has 0 saturated carbocycles. The number of halogens is 1. The van der Waals surface area contributed by atoms with Gasteiger partial charge in [0.1, 0.15) is 18.2 Å². The first kappa shape index (κ1) is 12.2. The number of carboxylic acid groups (broad SMARTS) is 1. The molecule has 0 fully saturated rings. The fraction of sp³-hybridized carbons (Fsp3) is 0.250. The number of aliphatic carboxylic acids is 1. The molecule has 0 heterocycles. The number of aryl methyl sites for hydroxylation is 1. The van der Waals surface area contributed by atoms with Crippen molar-refractivity contribution in [3.05, 3.63) is 41.2 Å². The zero-order valence-electron chi connectivity index (χ0n) is 9.16. The van der Waals surface area contributed by atoms with Crippen molar-refractivity contribution in [3.63, 3.8) is 0 Å². The summed E-state index contributed by atoms with van der Waals surface area (Å²) in [5, 5.41) is 8.60. The molecule has 0 radical (unpaired) electrons. The van der Waals surface area contributed by atoms with E-state index in [4.69, 9.17) is 9.84 Å². The van der Waals surface area contributed by atoms with E-state index in [1.807, 2.05) is 0 Å². The number of rotatable bonds is 4. The second-order valence-electron chi connectivity index (χ2n) is 3.41. The molecule has 0 unspecified atom stereocenters. The van der Waals surface area contributed by atoms with Crippen molar-refractivity contribution in [2.45, 2.75) is 13.8 Å². The van der Waals surface area contributed by atoms with Crippen LogP contribution in [-0.4, -0.2) is 17.7 Å². The summed E-state index contributed by atoms with van der Waals surface area (Å²) in [6, 6.07) is 4.19. The van der Waals surface area contributed by atoms with Gasteiger partial charge in [-0.15, -0.1) is 0 Å². The number of carbonyl (C=O) groups is 1. The molecule has 1 N–H and O–H groups in total. The van der Waals surface area contributed by atoms with Crippen LogP contribution in [0.3, 0.4) is 0 Å². The van der Waals surface area contributed by atoms with Crippen LogP contribution in [0.25, 0.3) is 0 Å². The molecule has 0 atom stereocenters. The first-order valence-corrected chi connectivity index (χ1v) is 4.79. The number of ether oxygens (including phenoxy) is 1. The zero-order chi connectivity index (χ0) is 12.1. The van der Waals surface area contributed by atoms with Gasteiger partial charge >= 0.3 is 5.97 Å². The molecule has 1 aromatic carbocycles. The first-order valence-electron chi connectivity index (χ1n) is 4.79. The van der Waals surface area contributed by atoms with Crippen LogP contribution < -0.4 is 4.74 Å². The third-order valence-electron chi connectivity index (χ3n) is 2.10. The van der Waals surface area contributed by atoms with E-state index in [1.54, 1.807) is 6.92 Å². The van der Waals surface area contributed by atoms with E-state index < -0.39 is 5.97 Å². The lowest BCUT2D eigenvalue weighted by atomic mass is 10.2. The Bertz CT molecular complexity index is 424. The van der Waals surface area contributed by atoms with Gasteiger partial charge < -0.3 is 9.84 Å². The van der Waals surface area contributed by atoms with Crippen molar-refractivity contribution in [2.24, 2.45) is 0 Å². The zero-order valence-corrected chi connectivity index (χ0v) is 9.16. The van der Waals surface area contributed by atoms with Crippen molar-refractivity contribution in [1.82, 2.24) is 0 Å². The lowest BCUT2D eigenvalue weighted by Crippen LogP contribution is -2.01. The number of benzene rings is 1. The SMILES string of the molecule is C/C(=C/COc1ccc(F)cc1C)C(=O)O. The number of hydrogen-bond acceptors (Lipinski definition) is 2. The normalized spacial score (nSPS) is 11.3. The molecule has 4 heteroatoms. The predicted octanol–water partition coefficient (Wildman–Crippen LogP) is 2.54. The van der Waals surface area contributed by atoms with Gasteiger partial charge in [-0.05, 0) is 43.7 Å². The third kappa shape index (κ3) is 3.38. The summed E-state index contributed by atoms with van der Waals surface area (Å²) in [7, 11) is 0. The summed E-state index contributed by atoms with van der Waals surface area (Å²) < 4.78 is 18.1. The van der Waals surface area contributed by atoms with Crippen LogP contribution in [-0.2, 0) is 4.79 Å². The van der Waals surface area contributed by atoms with Crippen molar-refractivity contribution < 1.29 is 19.0 Å². The summed E-state index contributed by atoms with van der Waals surface area (Å²) in [4.78, 5) is 10.5. The molecule has 1 rings (SSSR count). The molecule has 0 saturated heterocycles. The van der Waals surface area contributed by atoms with E-state index in [9.17, 15) is 9.18 Å². The minimum absolute atomic E-state index is 0.157. The highest BCUT2D eigenvalue weighted by molar-refractivity contribution is 5.85. The molecular formula is C12H13FO3. The van der Waals surface area contributed by atoms with Crippen LogP contribution in [0.2, 0.25) is 0 Å². The van der Waals surface area contributed by atoms with Crippen molar-refractivity contribution in [1.29, 1.82) is 0 Å². The molecule has 86 valence electrons. The van der Waals surface area contributed by atoms with E-state index >= 15 is 0 Å². The van der Waals surface area contributed by atoms with Crippen LogP contribution in [0, 0.1) is 12.7 Å². The third-order valence-corrected chi connectivity index (χ3v) is 2.10. The predicted molar refractivity (Wildman–Crippen MR) is 58.0 cm³/mol. The molecule has 0 amide bonds. The van der Waals surface area contributed by atoms with Gasteiger partial charge in [0.2, 0.25) is 0 Å². The summed E-state index contributed by atoms with van der Waals surface area (Å²) in [6.45, 7) is 3.37. The molecule has 0 aliphatic carbocycles. The standard InChI is InChI=1S/C12H13FO3/c1-8(12(14)15)5-6-16-11-4-3-10(13)7-9(11)2/h3-5,7H,6H2,1-2H3,(H,14,15)/b8-5-. The average molecular weight is 224 g/mol. The highest BCUT2D eigenvalue weighted by atomic mass is 19.1. The molecule has 0 spiro atoms. The van der Waals surface area contributed by atoms with Gasteiger partial charge in [0.15, 0.2) is 0 Å². The second-order valence-corrected chi connectivity index (χ2v) is 3.41. The molecule has 0 aromatic heterocycles. The molecule has 0 aliphatic heterocycles. The highest BCUT2D eigenvalue weighted by Crippen LogP contribution is 2.18. The van der Waals surface area contributed by atoms with Crippen LogP contribution in [0.4, 0.5) is 4.39 Å². The average Bonchev–Trinajstić information content (AvgIpc) is 2.20. The summed E-state index contributed by atoms with van der Waals surface area (Å²) in [6.07, 6.45) is 1.46. The van der Waals surface area contributed by atoms with Crippen LogP contribution in [0.15, 0.2) is 29.8 Å². The van der Waals surface area contributed by atoms with E-state index in [0.29, 0.717) is 11.3 Å². The second kappa shape index (κ2) is 5.30. The van der Waals surface area contributed by atoms with Crippen molar-refractivity contribution in [2.75, 3.05) is 6.61 Å². The maximum atomic E-state index is 12.8. The Morgan fingerprint density at radius 2 is 2.25 bits per heavy atom. The maximum Gasteiger partial charge on any atom is 0.331 e.